The normalized spacial score (nSPS) is 25.5. The highest BCUT2D eigenvalue weighted by atomic mass is 15.3. The van der Waals surface area contributed by atoms with Crippen molar-refractivity contribution in [3.8, 4) is 0 Å². The molecule has 1 saturated carbocycles. The van der Waals surface area contributed by atoms with E-state index in [1.54, 1.807) is 0 Å². The molecule has 0 spiro atoms. The number of aromatic nitrogens is 3. The maximum atomic E-state index is 4.56. The lowest BCUT2D eigenvalue weighted by atomic mass is 10.3. The summed E-state index contributed by atoms with van der Waals surface area (Å²) < 4.78 is 0. The second kappa shape index (κ2) is 5.19. The summed E-state index contributed by atoms with van der Waals surface area (Å²) in [7, 11) is 1.85. The third-order valence-electron chi connectivity index (χ3n) is 4.00. The van der Waals surface area contributed by atoms with Gasteiger partial charge in [-0.15, -0.1) is 0 Å². The van der Waals surface area contributed by atoms with E-state index in [1.807, 2.05) is 7.05 Å². The maximum absolute atomic E-state index is 4.56. The van der Waals surface area contributed by atoms with Crippen molar-refractivity contribution in [2.24, 2.45) is 5.92 Å². The predicted octanol–water partition coefficient (Wildman–Crippen LogP) is 1.72. The van der Waals surface area contributed by atoms with E-state index in [-0.39, 0.29) is 0 Å². The van der Waals surface area contributed by atoms with Crippen LogP contribution in [0.15, 0.2) is 0 Å². The van der Waals surface area contributed by atoms with Crippen LogP contribution in [0.3, 0.4) is 0 Å². The molecule has 2 aliphatic rings. The third-order valence-corrected chi connectivity index (χ3v) is 4.00. The Morgan fingerprint density at radius 1 is 1.16 bits per heavy atom. The van der Waals surface area contributed by atoms with Gasteiger partial charge in [0, 0.05) is 26.2 Å². The van der Waals surface area contributed by atoms with Crippen molar-refractivity contribution in [1.29, 1.82) is 0 Å². The second-order valence-corrected chi connectivity index (χ2v) is 5.38. The fourth-order valence-corrected chi connectivity index (χ4v) is 2.64. The van der Waals surface area contributed by atoms with E-state index in [0.717, 1.165) is 25.0 Å². The van der Waals surface area contributed by atoms with Crippen LogP contribution in [0.1, 0.15) is 32.6 Å². The second-order valence-electron chi connectivity index (χ2n) is 5.38. The molecule has 2 N–H and O–H groups in total. The Labute approximate surface area is 114 Å². The third kappa shape index (κ3) is 2.72. The molecule has 0 amide bonds. The molecule has 2 unspecified atom stereocenters. The molecule has 0 aromatic carbocycles. The van der Waals surface area contributed by atoms with Crippen LogP contribution < -0.4 is 15.5 Å². The molecule has 6 heteroatoms. The molecular formula is C13H22N6. The average molecular weight is 262 g/mol. The van der Waals surface area contributed by atoms with E-state index in [2.05, 4.69) is 37.4 Å². The van der Waals surface area contributed by atoms with Crippen LogP contribution in [0.5, 0.6) is 0 Å². The lowest BCUT2D eigenvalue weighted by molar-refractivity contribution is 0.769. The van der Waals surface area contributed by atoms with Gasteiger partial charge in [-0.1, -0.05) is 13.3 Å². The van der Waals surface area contributed by atoms with Gasteiger partial charge in [0.25, 0.3) is 0 Å². The van der Waals surface area contributed by atoms with Crippen LogP contribution in [-0.2, 0) is 0 Å². The molecule has 0 radical (unpaired) electrons. The average Bonchev–Trinajstić information content (AvgIpc) is 2.96. The number of rotatable bonds is 5. The zero-order chi connectivity index (χ0) is 13.2. The highest BCUT2D eigenvalue weighted by molar-refractivity contribution is 5.45. The molecule has 1 aliphatic heterocycles. The van der Waals surface area contributed by atoms with E-state index < -0.39 is 0 Å². The summed E-state index contributed by atoms with van der Waals surface area (Å²) in [6.45, 7) is 4.33. The quantitative estimate of drug-likeness (QED) is 0.842. The largest absolute Gasteiger partial charge is 0.357 e. The van der Waals surface area contributed by atoms with Gasteiger partial charge < -0.3 is 15.5 Å². The van der Waals surface area contributed by atoms with E-state index >= 15 is 0 Å². The van der Waals surface area contributed by atoms with Crippen molar-refractivity contribution < 1.29 is 0 Å². The summed E-state index contributed by atoms with van der Waals surface area (Å²) in [6, 6.07) is 0.545. The summed E-state index contributed by atoms with van der Waals surface area (Å²) in [4.78, 5) is 15.7. The van der Waals surface area contributed by atoms with E-state index in [0.29, 0.717) is 17.9 Å². The van der Waals surface area contributed by atoms with Gasteiger partial charge in [-0.25, -0.2) is 0 Å². The molecule has 0 bridgehead atoms. The molecule has 2 fully saturated rings. The molecule has 2 heterocycles. The van der Waals surface area contributed by atoms with Crippen molar-refractivity contribution in [1.82, 2.24) is 15.0 Å². The molecule has 1 aromatic heterocycles. The van der Waals surface area contributed by atoms with Gasteiger partial charge >= 0.3 is 0 Å². The molecule has 3 rings (SSSR count). The Morgan fingerprint density at radius 2 is 1.89 bits per heavy atom. The van der Waals surface area contributed by atoms with Gasteiger partial charge in [0.1, 0.15) is 0 Å². The molecule has 1 saturated heterocycles. The summed E-state index contributed by atoms with van der Waals surface area (Å²) >= 11 is 0. The Kier molecular flexibility index (Phi) is 3.40. The van der Waals surface area contributed by atoms with Crippen LogP contribution in [-0.4, -0.2) is 41.1 Å². The number of anilines is 3. The summed E-state index contributed by atoms with van der Waals surface area (Å²) in [5, 5.41) is 6.45. The molecular weight excluding hydrogens is 240 g/mol. The Bertz CT molecular complexity index is 443. The molecule has 1 aromatic rings. The Balaban J connectivity index is 1.76. The fraction of sp³-hybridized carbons (Fsp3) is 0.769. The molecule has 104 valence electrons. The van der Waals surface area contributed by atoms with Crippen molar-refractivity contribution >= 4 is 17.8 Å². The summed E-state index contributed by atoms with van der Waals surface area (Å²) in [5.41, 5.74) is 0. The Hall–Kier alpha value is -1.59. The molecule has 6 nitrogen and oxygen atoms in total. The number of nitrogens with one attached hydrogen (secondary N) is 2. The number of nitrogens with zero attached hydrogens (tertiary/aromatic N) is 4. The summed E-state index contributed by atoms with van der Waals surface area (Å²) in [5.74, 6) is 2.94. The number of hydrogen-bond acceptors (Lipinski definition) is 6. The lowest BCUT2D eigenvalue weighted by Gasteiger charge is -2.16. The van der Waals surface area contributed by atoms with Crippen molar-refractivity contribution in [2.75, 3.05) is 35.7 Å². The zero-order valence-electron chi connectivity index (χ0n) is 11.7. The van der Waals surface area contributed by atoms with Crippen molar-refractivity contribution in [3.63, 3.8) is 0 Å². The molecule has 1 aliphatic carbocycles. The first-order valence-corrected chi connectivity index (χ1v) is 7.25. The summed E-state index contributed by atoms with van der Waals surface area (Å²) in [6.07, 6.45) is 4.91. The predicted molar refractivity (Wildman–Crippen MR) is 76.6 cm³/mol. The smallest absolute Gasteiger partial charge is 0.231 e. The van der Waals surface area contributed by atoms with E-state index in [4.69, 9.17) is 0 Å². The first kappa shape index (κ1) is 12.4. The minimum Gasteiger partial charge on any atom is -0.357 e. The standard InChI is InChI=1S/C13H22N6/c1-3-9-8-10(9)15-12-16-11(14-2)17-13(18-12)19-6-4-5-7-19/h9-10H,3-8H2,1-2H3,(H2,14,15,16,17,18). The Morgan fingerprint density at radius 3 is 2.53 bits per heavy atom. The lowest BCUT2D eigenvalue weighted by Crippen LogP contribution is -2.22. The molecule has 19 heavy (non-hydrogen) atoms. The van der Waals surface area contributed by atoms with Gasteiger partial charge in [0.2, 0.25) is 17.8 Å². The van der Waals surface area contributed by atoms with Crippen LogP contribution in [0.4, 0.5) is 17.8 Å². The fourth-order valence-electron chi connectivity index (χ4n) is 2.64. The minimum absolute atomic E-state index is 0.545. The number of hydrogen-bond donors (Lipinski definition) is 2. The van der Waals surface area contributed by atoms with Gasteiger partial charge in [-0.2, -0.15) is 15.0 Å². The first-order chi connectivity index (χ1) is 9.30. The minimum atomic E-state index is 0.545. The van der Waals surface area contributed by atoms with Gasteiger partial charge in [-0.05, 0) is 25.2 Å². The van der Waals surface area contributed by atoms with Crippen LogP contribution in [0.2, 0.25) is 0 Å². The van der Waals surface area contributed by atoms with Crippen molar-refractivity contribution in [2.45, 2.75) is 38.6 Å². The van der Waals surface area contributed by atoms with Crippen molar-refractivity contribution in [3.05, 3.63) is 0 Å². The molecule has 2 atom stereocenters. The zero-order valence-corrected chi connectivity index (χ0v) is 11.7. The van der Waals surface area contributed by atoms with Gasteiger partial charge in [-0.3, -0.25) is 0 Å². The van der Waals surface area contributed by atoms with Gasteiger partial charge in [0.05, 0.1) is 0 Å². The topological polar surface area (TPSA) is 66.0 Å². The first-order valence-electron chi connectivity index (χ1n) is 7.25. The highest BCUT2D eigenvalue weighted by Crippen LogP contribution is 2.35. The van der Waals surface area contributed by atoms with Crippen LogP contribution >= 0.6 is 0 Å². The van der Waals surface area contributed by atoms with Crippen LogP contribution in [0, 0.1) is 5.92 Å². The van der Waals surface area contributed by atoms with E-state index in [1.165, 1.54) is 25.7 Å². The SMILES string of the molecule is CCC1CC1Nc1nc(NC)nc(N2CCCC2)n1. The van der Waals surface area contributed by atoms with E-state index in [9.17, 15) is 0 Å². The maximum Gasteiger partial charge on any atom is 0.231 e. The van der Waals surface area contributed by atoms with Crippen LogP contribution in [0.25, 0.3) is 0 Å². The highest BCUT2D eigenvalue weighted by Gasteiger charge is 2.36. The monoisotopic (exact) mass is 262 g/mol. The van der Waals surface area contributed by atoms with Gasteiger partial charge in [0.15, 0.2) is 0 Å².